The first kappa shape index (κ1) is 15.7. The summed E-state index contributed by atoms with van der Waals surface area (Å²) in [5.41, 5.74) is -1.31. The molecule has 7 heteroatoms. The van der Waals surface area contributed by atoms with Crippen LogP contribution in [0.3, 0.4) is 0 Å². The zero-order chi connectivity index (χ0) is 14.3. The van der Waals surface area contributed by atoms with Crippen LogP contribution >= 0.6 is 0 Å². The fourth-order valence-corrected chi connectivity index (χ4v) is 2.07. The minimum Gasteiger partial charge on any atom is -0.479 e. The van der Waals surface area contributed by atoms with Crippen molar-refractivity contribution in [3.05, 3.63) is 0 Å². The predicted molar refractivity (Wildman–Crippen MR) is 68.0 cm³/mol. The number of aliphatic carboxylic acids is 1. The highest BCUT2D eigenvalue weighted by Gasteiger charge is 2.44. The Hall–Kier alpha value is -1.34. The Morgan fingerprint density at radius 2 is 2.26 bits per heavy atom. The van der Waals surface area contributed by atoms with E-state index in [1.807, 2.05) is 6.92 Å². The normalized spacial score (nSPS) is 23.9. The molecule has 19 heavy (non-hydrogen) atoms. The van der Waals surface area contributed by atoms with E-state index >= 15 is 0 Å². The molecule has 0 saturated carbocycles. The SMILES string of the molecule is CCCC(COC)NC(=O)NC1(C(=O)O)CCOC1. The number of hydrogen-bond acceptors (Lipinski definition) is 4. The Morgan fingerprint density at radius 3 is 2.74 bits per heavy atom. The second-order valence-electron chi connectivity index (χ2n) is 4.73. The third kappa shape index (κ3) is 4.36. The van der Waals surface area contributed by atoms with Gasteiger partial charge < -0.3 is 25.2 Å². The quantitative estimate of drug-likeness (QED) is 0.622. The van der Waals surface area contributed by atoms with E-state index in [0.717, 1.165) is 12.8 Å². The fourth-order valence-electron chi connectivity index (χ4n) is 2.07. The lowest BCUT2D eigenvalue weighted by atomic mass is 9.99. The largest absolute Gasteiger partial charge is 0.479 e. The molecule has 0 radical (unpaired) electrons. The highest BCUT2D eigenvalue weighted by atomic mass is 16.5. The van der Waals surface area contributed by atoms with E-state index in [0.29, 0.717) is 13.2 Å². The molecule has 0 aromatic heterocycles. The summed E-state index contributed by atoms with van der Waals surface area (Å²) in [6, 6.07) is -0.619. The summed E-state index contributed by atoms with van der Waals surface area (Å²) >= 11 is 0. The first-order valence-corrected chi connectivity index (χ1v) is 6.43. The molecule has 1 aliphatic heterocycles. The number of carbonyl (C=O) groups is 2. The van der Waals surface area contributed by atoms with Crippen LogP contribution in [0.4, 0.5) is 4.79 Å². The van der Waals surface area contributed by atoms with Gasteiger partial charge in [0.2, 0.25) is 0 Å². The van der Waals surface area contributed by atoms with E-state index in [9.17, 15) is 14.7 Å². The first-order valence-electron chi connectivity index (χ1n) is 6.43. The maximum absolute atomic E-state index is 11.9. The molecular weight excluding hydrogens is 252 g/mol. The molecule has 1 aliphatic rings. The van der Waals surface area contributed by atoms with E-state index in [1.165, 1.54) is 0 Å². The molecule has 3 N–H and O–H groups in total. The maximum atomic E-state index is 11.9. The Labute approximate surface area is 112 Å². The molecular formula is C12H22N2O5. The third-order valence-electron chi connectivity index (χ3n) is 3.12. The van der Waals surface area contributed by atoms with E-state index in [1.54, 1.807) is 7.11 Å². The third-order valence-corrected chi connectivity index (χ3v) is 3.12. The van der Waals surface area contributed by atoms with Crippen LogP contribution in [-0.4, -0.2) is 55.6 Å². The summed E-state index contributed by atoms with van der Waals surface area (Å²) < 4.78 is 10.1. The van der Waals surface area contributed by atoms with Gasteiger partial charge in [0, 0.05) is 20.1 Å². The second-order valence-corrected chi connectivity index (χ2v) is 4.73. The van der Waals surface area contributed by atoms with E-state index in [4.69, 9.17) is 9.47 Å². The lowest BCUT2D eigenvalue weighted by Crippen LogP contribution is -2.59. The summed E-state index contributed by atoms with van der Waals surface area (Å²) in [5, 5.41) is 14.4. The van der Waals surface area contributed by atoms with Crippen molar-refractivity contribution in [2.75, 3.05) is 26.9 Å². The van der Waals surface area contributed by atoms with Gasteiger partial charge in [0.1, 0.15) is 0 Å². The number of nitrogens with one attached hydrogen (secondary N) is 2. The van der Waals surface area contributed by atoms with Gasteiger partial charge in [0.05, 0.1) is 19.3 Å². The van der Waals surface area contributed by atoms with Crippen LogP contribution in [0.5, 0.6) is 0 Å². The molecule has 2 atom stereocenters. The van der Waals surface area contributed by atoms with Crippen LogP contribution in [-0.2, 0) is 14.3 Å². The van der Waals surface area contributed by atoms with Crippen LogP contribution in [0, 0.1) is 0 Å². The number of urea groups is 1. The topological polar surface area (TPSA) is 96.9 Å². The summed E-state index contributed by atoms with van der Waals surface area (Å²) in [5.74, 6) is -1.07. The Balaban J connectivity index is 2.54. The lowest BCUT2D eigenvalue weighted by Gasteiger charge is -2.26. The summed E-state index contributed by atoms with van der Waals surface area (Å²) in [4.78, 5) is 23.1. The van der Waals surface area contributed by atoms with Gasteiger partial charge in [-0.25, -0.2) is 9.59 Å². The average molecular weight is 274 g/mol. The minimum atomic E-state index is -1.31. The smallest absolute Gasteiger partial charge is 0.332 e. The minimum absolute atomic E-state index is 0.00151. The van der Waals surface area contributed by atoms with Gasteiger partial charge in [-0.1, -0.05) is 13.3 Å². The van der Waals surface area contributed by atoms with Crippen molar-refractivity contribution < 1.29 is 24.2 Å². The zero-order valence-corrected chi connectivity index (χ0v) is 11.4. The van der Waals surface area contributed by atoms with Crippen LogP contribution in [0.15, 0.2) is 0 Å². The van der Waals surface area contributed by atoms with Crippen molar-refractivity contribution in [1.82, 2.24) is 10.6 Å². The van der Waals surface area contributed by atoms with Crippen molar-refractivity contribution in [1.29, 1.82) is 0 Å². The maximum Gasteiger partial charge on any atom is 0.332 e. The molecule has 0 aromatic rings. The van der Waals surface area contributed by atoms with Gasteiger partial charge >= 0.3 is 12.0 Å². The Bertz CT molecular complexity index is 309. The number of hydrogen-bond donors (Lipinski definition) is 3. The molecule has 1 heterocycles. The van der Waals surface area contributed by atoms with Crippen molar-refractivity contribution in [3.63, 3.8) is 0 Å². The average Bonchev–Trinajstić information content (AvgIpc) is 2.79. The molecule has 0 spiro atoms. The van der Waals surface area contributed by atoms with Crippen molar-refractivity contribution >= 4 is 12.0 Å². The number of carboxylic acid groups (broad SMARTS) is 1. The fraction of sp³-hybridized carbons (Fsp3) is 0.833. The molecule has 1 rings (SSSR count). The monoisotopic (exact) mass is 274 g/mol. The standard InChI is InChI=1S/C12H22N2O5/c1-3-4-9(7-18-2)13-11(17)14-12(10(15)16)5-6-19-8-12/h9H,3-8H2,1-2H3,(H,15,16)(H2,13,14,17). The molecule has 2 amide bonds. The van der Waals surface area contributed by atoms with Crippen LogP contribution in [0.2, 0.25) is 0 Å². The summed E-state index contributed by atoms with van der Waals surface area (Å²) in [7, 11) is 1.56. The molecule has 7 nitrogen and oxygen atoms in total. The van der Waals surface area contributed by atoms with Crippen molar-refractivity contribution in [2.24, 2.45) is 0 Å². The molecule has 2 unspecified atom stereocenters. The zero-order valence-electron chi connectivity index (χ0n) is 11.4. The molecule has 0 aliphatic carbocycles. The summed E-state index contributed by atoms with van der Waals surface area (Å²) in [6.45, 7) is 2.74. The lowest BCUT2D eigenvalue weighted by molar-refractivity contribution is -0.144. The first-order chi connectivity index (χ1) is 9.04. The molecule has 0 aromatic carbocycles. The predicted octanol–water partition coefficient (Wildman–Crippen LogP) is 0.344. The number of methoxy groups -OCH3 is 1. The molecule has 1 saturated heterocycles. The summed E-state index contributed by atoms with van der Waals surface area (Å²) in [6.07, 6.45) is 1.96. The highest BCUT2D eigenvalue weighted by molar-refractivity contribution is 5.86. The van der Waals surface area contributed by atoms with Gasteiger partial charge in [-0.05, 0) is 6.42 Å². The van der Waals surface area contributed by atoms with Crippen molar-refractivity contribution in [2.45, 2.75) is 37.8 Å². The number of carboxylic acids is 1. The van der Waals surface area contributed by atoms with Crippen LogP contribution < -0.4 is 10.6 Å². The van der Waals surface area contributed by atoms with Gasteiger partial charge in [0.25, 0.3) is 0 Å². The second kappa shape index (κ2) is 7.30. The molecule has 0 bridgehead atoms. The highest BCUT2D eigenvalue weighted by Crippen LogP contribution is 2.18. The van der Waals surface area contributed by atoms with Gasteiger partial charge in [-0.2, -0.15) is 0 Å². The Morgan fingerprint density at radius 1 is 1.53 bits per heavy atom. The van der Waals surface area contributed by atoms with Crippen LogP contribution in [0.25, 0.3) is 0 Å². The molecule has 110 valence electrons. The number of carbonyl (C=O) groups excluding carboxylic acids is 1. The van der Waals surface area contributed by atoms with Gasteiger partial charge in [-0.15, -0.1) is 0 Å². The molecule has 1 fully saturated rings. The van der Waals surface area contributed by atoms with E-state index in [2.05, 4.69) is 10.6 Å². The van der Waals surface area contributed by atoms with Crippen LogP contribution in [0.1, 0.15) is 26.2 Å². The number of rotatable bonds is 7. The Kier molecular flexibility index (Phi) is 6.04. The van der Waals surface area contributed by atoms with E-state index in [-0.39, 0.29) is 19.1 Å². The van der Waals surface area contributed by atoms with Gasteiger partial charge in [0.15, 0.2) is 5.54 Å². The number of amides is 2. The van der Waals surface area contributed by atoms with Gasteiger partial charge in [-0.3, -0.25) is 0 Å². The number of ether oxygens (including phenoxy) is 2. The van der Waals surface area contributed by atoms with E-state index < -0.39 is 17.5 Å². The van der Waals surface area contributed by atoms with Crippen molar-refractivity contribution in [3.8, 4) is 0 Å².